The van der Waals surface area contributed by atoms with Gasteiger partial charge in [-0.25, -0.2) is 9.37 Å². The molecule has 0 radical (unpaired) electrons. The molecule has 4 heterocycles. The van der Waals surface area contributed by atoms with Crippen LogP contribution in [0.5, 0.6) is 0 Å². The molecule has 2 saturated heterocycles. The first-order chi connectivity index (χ1) is 15.0. The van der Waals surface area contributed by atoms with Gasteiger partial charge >= 0.3 is 0 Å². The minimum Gasteiger partial charge on any atom is -0.367 e. The van der Waals surface area contributed by atoms with Crippen molar-refractivity contribution in [2.24, 2.45) is 0 Å². The number of anilines is 1. The van der Waals surface area contributed by atoms with Gasteiger partial charge in [0, 0.05) is 56.6 Å². The van der Waals surface area contributed by atoms with Gasteiger partial charge in [-0.15, -0.1) is 11.3 Å². The van der Waals surface area contributed by atoms with Crippen LogP contribution in [0.1, 0.15) is 34.5 Å². The van der Waals surface area contributed by atoms with E-state index in [0.717, 1.165) is 30.9 Å². The van der Waals surface area contributed by atoms with E-state index < -0.39 is 17.8 Å². The predicted molar refractivity (Wildman–Crippen MR) is 112 cm³/mol. The molecule has 3 aliphatic heterocycles. The Hall–Kier alpha value is -2.85. The van der Waals surface area contributed by atoms with E-state index >= 15 is 0 Å². The van der Waals surface area contributed by atoms with E-state index in [4.69, 9.17) is 0 Å². The van der Waals surface area contributed by atoms with Gasteiger partial charge in [0.25, 0.3) is 5.91 Å². The minimum atomic E-state index is -0.696. The normalized spacial score (nSPS) is 22.1. The zero-order chi connectivity index (χ0) is 21.5. The van der Waals surface area contributed by atoms with Crippen LogP contribution >= 0.6 is 11.3 Å². The van der Waals surface area contributed by atoms with Crippen LogP contribution in [0.25, 0.3) is 0 Å². The fourth-order valence-electron chi connectivity index (χ4n) is 4.51. The van der Waals surface area contributed by atoms with Gasteiger partial charge in [0.1, 0.15) is 11.9 Å². The lowest BCUT2D eigenvalue weighted by molar-refractivity contribution is -0.136. The summed E-state index contributed by atoms with van der Waals surface area (Å²) in [5.74, 6) is -1.57. The molecule has 1 unspecified atom stereocenters. The summed E-state index contributed by atoms with van der Waals surface area (Å²) >= 11 is 1.58. The van der Waals surface area contributed by atoms with E-state index in [1.807, 2.05) is 15.8 Å². The number of hydrogen-bond donors (Lipinski definition) is 1. The van der Waals surface area contributed by atoms with Crippen molar-refractivity contribution in [3.05, 3.63) is 45.7 Å². The lowest BCUT2D eigenvalue weighted by atomic mass is 10.0. The smallest absolute Gasteiger partial charge is 0.255 e. The number of nitrogens with one attached hydrogen (secondary N) is 1. The number of piperidine rings is 1. The Morgan fingerprint density at radius 3 is 2.68 bits per heavy atom. The van der Waals surface area contributed by atoms with E-state index in [2.05, 4.69) is 15.2 Å². The Kier molecular flexibility index (Phi) is 5.19. The Bertz CT molecular complexity index is 1040. The lowest BCUT2D eigenvalue weighted by Crippen LogP contribution is -2.52. The predicted octanol–water partition coefficient (Wildman–Crippen LogP) is 1.37. The highest BCUT2D eigenvalue weighted by molar-refractivity contribution is 7.07. The van der Waals surface area contributed by atoms with Crippen molar-refractivity contribution >= 4 is 34.7 Å². The molecule has 2 fully saturated rings. The third-order valence-electron chi connectivity index (χ3n) is 6.17. The maximum atomic E-state index is 14.9. The molecule has 3 aliphatic rings. The SMILES string of the molecule is O=C1CCC(N2Cc3cc(N4CCN(Cc5cscn5)CC4)c(F)cc3C2=O)C(=O)N1. The van der Waals surface area contributed by atoms with Crippen LogP contribution in [0, 0.1) is 5.82 Å². The quantitative estimate of drug-likeness (QED) is 0.719. The van der Waals surface area contributed by atoms with Crippen molar-refractivity contribution in [3.63, 3.8) is 0 Å². The number of nitrogens with zero attached hydrogens (tertiary/aromatic N) is 4. The van der Waals surface area contributed by atoms with Crippen molar-refractivity contribution in [2.75, 3.05) is 31.1 Å². The number of benzene rings is 1. The average Bonchev–Trinajstić information content (AvgIpc) is 3.37. The summed E-state index contributed by atoms with van der Waals surface area (Å²) in [5.41, 5.74) is 4.38. The van der Waals surface area contributed by atoms with Crippen LogP contribution in [0.4, 0.5) is 10.1 Å². The molecule has 0 aliphatic carbocycles. The second-order valence-corrected chi connectivity index (χ2v) is 8.82. The molecule has 162 valence electrons. The molecule has 0 spiro atoms. The molecular weight excluding hydrogens is 421 g/mol. The van der Waals surface area contributed by atoms with E-state index in [1.54, 1.807) is 17.4 Å². The Labute approximate surface area is 182 Å². The molecule has 8 nitrogen and oxygen atoms in total. The molecule has 0 saturated carbocycles. The van der Waals surface area contributed by atoms with Gasteiger partial charge in [-0.2, -0.15) is 0 Å². The number of carbonyl (C=O) groups excluding carboxylic acids is 3. The molecule has 1 atom stereocenters. The highest BCUT2D eigenvalue weighted by Crippen LogP contribution is 2.33. The highest BCUT2D eigenvalue weighted by Gasteiger charge is 2.39. The lowest BCUT2D eigenvalue weighted by Gasteiger charge is -2.36. The van der Waals surface area contributed by atoms with Gasteiger partial charge < -0.3 is 9.80 Å². The van der Waals surface area contributed by atoms with Crippen molar-refractivity contribution in [1.82, 2.24) is 20.1 Å². The average molecular weight is 444 g/mol. The number of fused-ring (bicyclic) bond motifs is 1. The molecule has 2 aromatic rings. The van der Waals surface area contributed by atoms with Gasteiger partial charge in [-0.05, 0) is 24.1 Å². The van der Waals surface area contributed by atoms with Crippen LogP contribution in [0.2, 0.25) is 0 Å². The Morgan fingerprint density at radius 2 is 1.97 bits per heavy atom. The largest absolute Gasteiger partial charge is 0.367 e. The summed E-state index contributed by atoms with van der Waals surface area (Å²) in [6, 6.07) is 2.34. The third-order valence-corrected chi connectivity index (χ3v) is 6.81. The van der Waals surface area contributed by atoms with Crippen LogP contribution in [-0.2, 0) is 22.7 Å². The maximum Gasteiger partial charge on any atom is 0.255 e. The summed E-state index contributed by atoms with van der Waals surface area (Å²) in [5, 5.41) is 4.32. The molecule has 1 aromatic carbocycles. The number of rotatable bonds is 4. The Balaban J connectivity index is 1.29. The topological polar surface area (TPSA) is 85.9 Å². The number of hydrogen-bond acceptors (Lipinski definition) is 7. The number of amides is 3. The first kappa shape index (κ1) is 20.1. The summed E-state index contributed by atoms with van der Waals surface area (Å²) in [6.07, 6.45) is 0.488. The second-order valence-electron chi connectivity index (χ2n) is 8.10. The van der Waals surface area contributed by atoms with Gasteiger partial charge in [0.2, 0.25) is 11.8 Å². The minimum absolute atomic E-state index is 0.196. The van der Waals surface area contributed by atoms with E-state index in [0.29, 0.717) is 30.8 Å². The molecule has 5 rings (SSSR count). The van der Waals surface area contributed by atoms with Crippen molar-refractivity contribution in [2.45, 2.75) is 32.0 Å². The van der Waals surface area contributed by atoms with Crippen molar-refractivity contribution < 1.29 is 18.8 Å². The standard InChI is InChI=1S/C21H22FN5O3S/c22-16-8-15-13(9-27(21(15)30)17-1-2-19(28)24-20(17)29)7-18(16)26-5-3-25(4-6-26)10-14-11-31-12-23-14/h7-8,11-12,17H,1-6,9-10H2,(H,24,28,29). The maximum absolute atomic E-state index is 14.9. The Morgan fingerprint density at radius 1 is 1.16 bits per heavy atom. The van der Waals surface area contributed by atoms with E-state index in [1.165, 1.54) is 11.0 Å². The van der Waals surface area contributed by atoms with E-state index in [9.17, 15) is 18.8 Å². The monoisotopic (exact) mass is 443 g/mol. The number of aromatic nitrogens is 1. The fourth-order valence-corrected chi connectivity index (χ4v) is 5.06. The zero-order valence-electron chi connectivity index (χ0n) is 16.8. The van der Waals surface area contributed by atoms with Crippen LogP contribution in [0.15, 0.2) is 23.0 Å². The van der Waals surface area contributed by atoms with Gasteiger partial charge in [0.15, 0.2) is 0 Å². The highest BCUT2D eigenvalue weighted by atomic mass is 32.1. The molecule has 1 aromatic heterocycles. The number of imide groups is 1. The fraction of sp³-hybridized carbons (Fsp3) is 0.429. The van der Waals surface area contributed by atoms with Crippen LogP contribution in [0.3, 0.4) is 0 Å². The molecular formula is C21H22FN5O3S. The number of halogens is 1. The summed E-state index contributed by atoms with van der Waals surface area (Å²) in [4.78, 5) is 46.5. The zero-order valence-corrected chi connectivity index (χ0v) is 17.7. The molecule has 31 heavy (non-hydrogen) atoms. The van der Waals surface area contributed by atoms with Crippen molar-refractivity contribution in [3.8, 4) is 0 Å². The van der Waals surface area contributed by atoms with Gasteiger partial charge in [0.05, 0.1) is 16.9 Å². The first-order valence-corrected chi connectivity index (χ1v) is 11.3. The second kappa shape index (κ2) is 8.01. The van der Waals surface area contributed by atoms with Crippen LogP contribution in [-0.4, -0.2) is 64.7 Å². The van der Waals surface area contributed by atoms with Gasteiger partial charge in [-0.1, -0.05) is 0 Å². The van der Waals surface area contributed by atoms with Crippen LogP contribution < -0.4 is 10.2 Å². The van der Waals surface area contributed by atoms with Gasteiger partial charge in [-0.3, -0.25) is 24.6 Å². The molecule has 3 amide bonds. The molecule has 0 bridgehead atoms. The number of thiazole rings is 1. The summed E-state index contributed by atoms with van der Waals surface area (Å²) < 4.78 is 14.9. The van der Waals surface area contributed by atoms with E-state index in [-0.39, 0.29) is 24.8 Å². The summed E-state index contributed by atoms with van der Waals surface area (Å²) in [7, 11) is 0. The first-order valence-electron chi connectivity index (χ1n) is 10.3. The molecule has 10 heteroatoms. The van der Waals surface area contributed by atoms with Crippen molar-refractivity contribution in [1.29, 1.82) is 0 Å². The molecule has 1 N–H and O–H groups in total. The summed E-state index contributed by atoms with van der Waals surface area (Å²) in [6.45, 7) is 4.01. The number of piperazine rings is 1. The number of carbonyl (C=O) groups is 3. The third kappa shape index (κ3) is 3.81.